The number of rotatable bonds is 59. The predicted octanol–water partition coefficient (Wildman–Crippen LogP) is 2.12. The number of nitrogens with one attached hydrogen (secondary N) is 7. The molecule has 113 heavy (non-hydrogen) atoms. The molecule has 1 aromatic rings. The van der Waals surface area contributed by atoms with E-state index in [0.717, 1.165) is 78.2 Å². The molecule has 10 atom stereocenters. The summed E-state index contributed by atoms with van der Waals surface area (Å²) in [6.07, 6.45) is -0.757. The van der Waals surface area contributed by atoms with Gasteiger partial charge in [0, 0.05) is 140 Å². The van der Waals surface area contributed by atoms with E-state index < -0.39 is 134 Å². The second-order valence-electron chi connectivity index (χ2n) is 27.4. The molecular formula is C76H120N8O29. The number of esters is 7. The zero-order chi connectivity index (χ0) is 83.4. The Morgan fingerprint density at radius 3 is 1.12 bits per heavy atom. The fraction of sp³-hybridized carbons (Fsp3) is 0.724. The van der Waals surface area contributed by atoms with Crippen molar-refractivity contribution in [2.24, 2.45) is 5.73 Å². The highest BCUT2D eigenvalue weighted by atomic mass is 16.7. The molecule has 37 heteroatoms. The molecule has 0 aromatic heterocycles. The van der Waals surface area contributed by atoms with Gasteiger partial charge in [-0.2, -0.15) is 0 Å². The quantitative estimate of drug-likeness (QED) is 0.0263. The summed E-state index contributed by atoms with van der Waals surface area (Å²) in [6.45, 7) is 8.67. The van der Waals surface area contributed by atoms with Gasteiger partial charge >= 0.3 is 41.8 Å². The van der Waals surface area contributed by atoms with Crippen molar-refractivity contribution in [1.29, 1.82) is 0 Å². The molecule has 3 rings (SSSR count). The first kappa shape index (κ1) is 98.2. The van der Waals surface area contributed by atoms with Crippen LogP contribution in [0.15, 0.2) is 30.3 Å². The molecule has 2 saturated heterocycles. The van der Waals surface area contributed by atoms with Gasteiger partial charge in [-0.15, -0.1) is 0 Å². The summed E-state index contributed by atoms with van der Waals surface area (Å²) in [4.78, 5) is 186. The van der Waals surface area contributed by atoms with E-state index in [9.17, 15) is 71.9 Å². The Balaban J connectivity index is 1.51. The van der Waals surface area contributed by atoms with Crippen LogP contribution in [0.5, 0.6) is 0 Å². The number of carbonyl (C=O) groups excluding carboxylic acids is 15. The maximum absolute atomic E-state index is 13.8. The van der Waals surface area contributed by atoms with Crippen LogP contribution in [0.1, 0.15) is 196 Å². The number of nitrogens with two attached hydrogens (primary N) is 1. The van der Waals surface area contributed by atoms with Crippen molar-refractivity contribution in [3.63, 3.8) is 0 Å². The lowest BCUT2D eigenvalue weighted by atomic mass is 9.96. The van der Waals surface area contributed by atoms with Gasteiger partial charge in [0.25, 0.3) is 0 Å². The number of ether oxygens (including phenoxy) is 14. The maximum atomic E-state index is 13.8. The number of carbonyl (C=O) groups is 15. The van der Waals surface area contributed by atoms with Gasteiger partial charge in [-0.25, -0.2) is 0 Å². The Morgan fingerprint density at radius 1 is 0.381 bits per heavy atom. The summed E-state index contributed by atoms with van der Waals surface area (Å²) in [7, 11) is 0. The van der Waals surface area contributed by atoms with Crippen molar-refractivity contribution < 1.29 is 138 Å². The van der Waals surface area contributed by atoms with E-state index >= 15 is 0 Å². The molecule has 2 aliphatic heterocycles. The first-order valence-electron chi connectivity index (χ1n) is 38.6. The van der Waals surface area contributed by atoms with Crippen molar-refractivity contribution in [3.8, 4) is 0 Å². The molecule has 2 fully saturated rings. The number of hydrogen-bond donors (Lipinski definition) is 8. The monoisotopic (exact) mass is 1610 g/mol. The molecule has 0 radical (unpaired) electrons. The Kier molecular flexibility index (Phi) is 49.6. The molecule has 638 valence electrons. The highest BCUT2D eigenvalue weighted by Crippen LogP contribution is 2.30. The van der Waals surface area contributed by atoms with E-state index in [4.69, 9.17) is 72.0 Å². The standard InChI is InChI=1S/C76H120N8O29/c1-50(85)82-68-72(110-56(7)91)70(108-54(5)89)59(45-105-52(3)87)112-74(68)103-39-22-20-28-62(94)78-35-24-37-80-64(96)33-42-101-48-76(47-100-41-32-61(77)93,84-66(98)30-18-13-11-9-10-12-14-19-31-67(99)107-44-58-26-16-15-17-27-58)49-102-43-34-65(97)81-38-25-36-79-63(95)29-21-23-40-104-75-69(83-51(2)86)73(111-57(8)92)71(109-55(6)90)60(113-75)46-106-53(4)88/h15-17,26-27,59-60,68-75H,9-14,18-25,28-49H2,1-8H3,(H2,77,93)(H,78,94)(H,79,95)(H,80,96)(H,81,97)(H,82,85)(H,83,86)(H,84,98). The first-order chi connectivity index (χ1) is 54.0. The van der Waals surface area contributed by atoms with Gasteiger partial charge < -0.3 is 109 Å². The fourth-order valence-corrected chi connectivity index (χ4v) is 11.8. The maximum Gasteiger partial charge on any atom is 0.306 e. The highest BCUT2D eigenvalue weighted by molar-refractivity contribution is 5.79. The number of unbranched alkanes of at least 4 members (excludes halogenated alkanes) is 9. The Hall–Kier alpha value is -9.01. The van der Waals surface area contributed by atoms with Crippen LogP contribution in [0, 0.1) is 0 Å². The van der Waals surface area contributed by atoms with E-state index in [1.54, 1.807) is 0 Å². The smallest absolute Gasteiger partial charge is 0.306 e. The van der Waals surface area contributed by atoms with E-state index in [-0.39, 0.29) is 160 Å². The van der Waals surface area contributed by atoms with E-state index in [1.165, 1.54) is 27.7 Å². The first-order valence-corrected chi connectivity index (χ1v) is 38.6. The molecule has 0 spiro atoms. The van der Waals surface area contributed by atoms with E-state index in [2.05, 4.69) is 37.2 Å². The molecule has 0 bridgehead atoms. The largest absolute Gasteiger partial charge is 0.463 e. The van der Waals surface area contributed by atoms with E-state index in [0.29, 0.717) is 51.4 Å². The van der Waals surface area contributed by atoms with Gasteiger partial charge in [0.05, 0.1) is 39.6 Å². The third kappa shape index (κ3) is 45.5. The molecule has 37 nitrogen and oxygen atoms in total. The van der Waals surface area contributed by atoms with Crippen LogP contribution in [0.3, 0.4) is 0 Å². The van der Waals surface area contributed by atoms with Crippen molar-refractivity contribution in [1.82, 2.24) is 37.2 Å². The Morgan fingerprint density at radius 2 is 0.735 bits per heavy atom. The second-order valence-corrected chi connectivity index (χ2v) is 27.4. The fourth-order valence-electron chi connectivity index (χ4n) is 11.8. The van der Waals surface area contributed by atoms with Crippen molar-refractivity contribution >= 4 is 89.0 Å². The van der Waals surface area contributed by atoms with Crippen molar-refractivity contribution in [2.45, 2.75) is 264 Å². The molecule has 9 N–H and O–H groups in total. The summed E-state index contributed by atoms with van der Waals surface area (Å²) >= 11 is 0. The van der Waals surface area contributed by atoms with Crippen LogP contribution in [-0.4, -0.2) is 248 Å². The summed E-state index contributed by atoms with van der Waals surface area (Å²) in [5.74, 6) is -7.88. The topological polar surface area (TPSA) is 496 Å². The molecule has 0 saturated carbocycles. The van der Waals surface area contributed by atoms with Gasteiger partial charge in [0.15, 0.2) is 37.0 Å². The van der Waals surface area contributed by atoms with Crippen LogP contribution >= 0.6 is 0 Å². The summed E-state index contributed by atoms with van der Waals surface area (Å²) in [5, 5.41) is 19.5. The average molecular weight is 1610 g/mol. The van der Waals surface area contributed by atoms with Crippen LogP contribution in [-0.2, 0) is 145 Å². The number of amides is 8. The Labute approximate surface area is 659 Å². The van der Waals surface area contributed by atoms with Crippen LogP contribution < -0.4 is 43.0 Å². The molecule has 10 unspecified atom stereocenters. The normalized spacial score (nSPS) is 19.6. The molecule has 0 aliphatic carbocycles. The van der Waals surface area contributed by atoms with Crippen LogP contribution in [0.4, 0.5) is 0 Å². The SMILES string of the molecule is CC(=O)NC1C(OCCCCC(=O)NCCCNC(=O)CCOCC(COCCC(N)=O)(COCCC(=O)NCCCNC(=O)CCCCOC2OC(COC(C)=O)C(OC(C)=O)C(OC(C)=O)C2NC(C)=O)NC(=O)CCCCCCCCCCC(=O)OCc2ccccc2)OC(COC(C)=O)C(OC(C)=O)C1OC(C)=O. The minimum atomic E-state index is -1.37. The highest BCUT2D eigenvalue weighted by Gasteiger charge is 2.53. The van der Waals surface area contributed by atoms with Gasteiger partial charge in [0.2, 0.25) is 47.3 Å². The molecular weight excluding hydrogens is 1490 g/mol. The minimum Gasteiger partial charge on any atom is -0.463 e. The van der Waals surface area contributed by atoms with Gasteiger partial charge in [-0.3, -0.25) is 71.9 Å². The summed E-state index contributed by atoms with van der Waals surface area (Å²) in [6, 6.07) is 7.19. The zero-order valence-corrected chi connectivity index (χ0v) is 66.5. The average Bonchev–Trinajstić information content (AvgIpc) is 0.791. The summed E-state index contributed by atoms with van der Waals surface area (Å²) in [5.41, 5.74) is 4.96. The summed E-state index contributed by atoms with van der Waals surface area (Å²) < 4.78 is 79.3. The lowest BCUT2D eigenvalue weighted by Gasteiger charge is -2.44. The number of benzene rings is 1. The number of hydrogen-bond acceptors (Lipinski definition) is 29. The third-order valence-corrected chi connectivity index (χ3v) is 17.1. The molecule has 2 aliphatic rings. The molecule has 8 amide bonds. The Bertz CT molecular complexity index is 2990. The lowest BCUT2D eigenvalue weighted by Crippen LogP contribution is -2.66. The zero-order valence-electron chi connectivity index (χ0n) is 66.5. The van der Waals surface area contributed by atoms with Gasteiger partial charge in [-0.05, 0) is 56.9 Å². The third-order valence-electron chi connectivity index (χ3n) is 17.1. The van der Waals surface area contributed by atoms with Crippen molar-refractivity contribution in [2.75, 3.05) is 92.2 Å². The van der Waals surface area contributed by atoms with Gasteiger partial charge in [-0.1, -0.05) is 68.9 Å². The lowest BCUT2D eigenvalue weighted by molar-refractivity contribution is -0.277. The second kappa shape index (κ2) is 57.1. The molecule has 2 heterocycles. The predicted molar refractivity (Wildman–Crippen MR) is 398 cm³/mol. The van der Waals surface area contributed by atoms with Gasteiger partial charge in [0.1, 0.15) is 49.7 Å². The minimum absolute atomic E-state index is 0.0140. The molecule has 1 aromatic carbocycles. The van der Waals surface area contributed by atoms with Crippen LogP contribution in [0.2, 0.25) is 0 Å². The van der Waals surface area contributed by atoms with Crippen molar-refractivity contribution in [3.05, 3.63) is 35.9 Å². The number of primary amides is 1. The van der Waals surface area contributed by atoms with E-state index in [1.807, 2.05) is 30.3 Å². The van der Waals surface area contributed by atoms with Crippen LogP contribution in [0.25, 0.3) is 0 Å².